The van der Waals surface area contributed by atoms with E-state index in [1.165, 1.54) is 42.7 Å². The van der Waals surface area contributed by atoms with Crippen molar-refractivity contribution < 1.29 is 13.2 Å². The summed E-state index contributed by atoms with van der Waals surface area (Å²) in [4.78, 5) is 12.7. The van der Waals surface area contributed by atoms with Crippen molar-refractivity contribution in [1.29, 1.82) is 0 Å². The molecule has 0 amide bonds. The fraction of sp³-hybridized carbons (Fsp3) is 0.174. The van der Waals surface area contributed by atoms with Crippen molar-refractivity contribution in [2.24, 2.45) is 0 Å². The Bertz CT molecular complexity index is 1260. The molecule has 0 fully saturated rings. The first-order valence-electron chi connectivity index (χ1n) is 9.71. The highest BCUT2D eigenvalue weighted by atomic mass is 35.5. The molecule has 158 valence electrons. The number of nitrogens with one attached hydrogen (secondary N) is 1. The standard InChI is InChI=1S/C23H18ClF3N4/c1-3-12(2)30-20-18(22(24)31-23-21(20)28-10-11-29-23)17-16(26)9-8-15(19(17)27)13-4-6-14(25)7-5-13/h4-12H,3H2,1-2H3,(H,29,30,31). The zero-order valence-corrected chi connectivity index (χ0v) is 17.5. The first-order valence-corrected chi connectivity index (χ1v) is 10.1. The van der Waals surface area contributed by atoms with Crippen molar-refractivity contribution in [1.82, 2.24) is 15.0 Å². The van der Waals surface area contributed by atoms with Gasteiger partial charge in [-0.05, 0) is 43.2 Å². The lowest BCUT2D eigenvalue weighted by molar-refractivity contribution is 0.591. The minimum atomic E-state index is -0.828. The van der Waals surface area contributed by atoms with Crippen LogP contribution in [0.25, 0.3) is 33.4 Å². The Morgan fingerprint density at radius 2 is 1.68 bits per heavy atom. The Hall–Kier alpha value is -3.19. The topological polar surface area (TPSA) is 50.7 Å². The Kier molecular flexibility index (Phi) is 5.78. The molecule has 31 heavy (non-hydrogen) atoms. The van der Waals surface area contributed by atoms with E-state index in [0.29, 0.717) is 16.8 Å². The van der Waals surface area contributed by atoms with Crippen molar-refractivity contribution >= 4 is 28.5 Å². The molecule has 1 N–H and O–H groups in total. The molecule has 0 radical (unpaired) electrons. The SMILES string of the molecule is CCC(C)Nc1c(-c2c(F)ccc(-c3ccc(F)cc3)c2F)c(Cl)nc2nccnc12. The molecule has 0 bridgehead atoms. The van der Waals surface area contributed by atoms with Gasteiger partial charge in [-0.1, -0.05) is 30.7 Å². The maximum atomic E-state index is 15.7. The van der Waals surface area contributed by atoms with E-state index in [1.807, 2.05) is 13.8 Å². The number of aromatic nitrogens is 3. The summed E-state index contributed by atoms with van der Waals surface area (Å²) in [5, 5.41) is 3.15. The second-order valence-corrected chi connectivity index (χ2v) is 7.48. The van der Waals surface area contributed by atoms with Gasteiger partial charge in [0, 0.05) is 24.0 Å². The van der Waals surface area contributed by atoms with Gasteiger partial charge in [-0.25, -0.2) is 28.1 Å². The molecule has 4 rings (SSSR count). The Labute approximate surface area is 182 Å². The highest BCUT2D eigenvalue weighted by Gasteiger charge is 2.25. The molecule has 2 heterocycles. The van der Waals surface area contributed by atoms with E-state index in [4.69, 9.17) is 11.6 Å². The maximum absolute atomic E-state index is 15.7. The van der Waals surface area contributed by atoms with E-state index in [2.05, 4.69) is 20.3 Å². The van der Waals surface area contributed by atoms with Crippen molar-refractivity contribution in [2.75, 3.05) is 5.32 Å². The third kappa shape index (κ3) is 3.93. The molecule has 8 heteroatoms. The summed E-state index contributed by atoms with van der Waals surface area (Å²) in [6.45, 7) is 3.91. The molecule has 4 nitrogen and oxygen atoms in total. The molecular formula is C23H18ClF3N4. The van der Waals surface area contributed by atoms with E-state index in [-0.39, 0.29) is 33.5 Å². The van der Waals surface area contributed by atoms with Crippen molar-refractivity contribution in [2.45, 2.75) is 26.3 Å². The summed E-state index contributed by atoms with van der Waals surface area (Å²) in [5.74, 6) is -2.08. The minimum absolute atomic E-state index is 0.0335. The molecule has 0 aliphatic carbocycles. The van der Waals surface area contributed by atoms with Crippen LogP contribution in [0.5, 0.6) is 0 Å². The highest BCUT2D eigenvalue weighted by molar-refractivity contribution is 6.33. The average Bonchev–Trinajstić information content (AvgIpc) is 2.76. The summed E-state index contributed by atoms with van der Waals surface area (Å²) in [5.41, 5.74) is 1.21. The van der Waals surface area contributed by atoms with Crippen LogP contribution in [0.15, 0.2) is 48.8 Å². The van der Waals surface area contributed by atoms with Gasteiger partial charge in [-0.3, -0.25) is 0 Å². The summed E-state index contributed by atoms with van der Waals surface area (Å²) < 4.78 is 44.0. The second kappa shape index (κ2) is 8.51. The predicted molar refractivity (Wildman–Crippen MR) is 116 cm³/mol. The first kappa shape index (κ1) is 21.1. The lowest BCUT2D eigenvalue weighted by Gasteiger charge is -2.20. The zero-order chi connectivity index (χ0) is 22.1. The number of nitrogens with zero attached hydrogens (tertiary/aromatic N) is 3. The van der Waals surface area contributed by atoms with Crippen LogP contribution in [0.3, 0.4) is 0 Å². The van der Waals surface area contributed by atoms with E-state index < -0.39 is 17.5 Å². The van der Waals surface area contributed by atoms with Gasteiger partial charge in [0.2, 0.25) is 0 Å². The van der Waals surface area contributed by atoms with Gasteiger partial charge in [-0.15, -0.1) is 0 Å². The number of benzene rings is 2. The Balaban J connectivity index is 2.02. The summed E-state index contributed by atoms with van der Waals surface area (Å²) >= 11 is 6.43. The van der Waals surface area contributed by atoms with Crippen molar-refractivity contribution in [3.05, 3.63) is 71.4 Å². The molecule has 1 unspecified atom stereocenters. The van der Waals surface area contributed by atoms with Crippen molar-refractivity contribution in [3.8, 4) is 22.3 Å². The Morgan fingerprint density at radius 3 is 2.39 bits per heavy atom. The molecule has 1 atom stereocenters. The normalized spacial score (nSPS) is 12.2. The van der Waals surface area contributed by atoms with Crippen LogP contribution >= 0.6 is 11.6 Å². The summed E-state index contributed by atoms with van der Waals surface area (Å²) in [6.07, 6.45) is 3.70. The Morgan fingerprint density at radius 1 is 0.968 bits per heavy atom. The van der Waals surface area contributed by atoms with Crippen LogP contribution < -0.4 is 5.32 Å². The third-order valence-corrected chi connectivity index (χ3v) is 5.35. The first-order chi connectivity index (χ1) is 14.9. The number of hydrogen-bond donors (Lipinski definition) is 1. The van der Waals surface area contributed by atoms with Crippen LogP contribution in [0.4, 0.5) is 18.9 Å². The molecule has 0 spiro atoms. The van der Waals surface area contributed by atoms with Gasteiger partial charge in [0.15, 0.2) is 5.65 Å². The van der Waals surface area contributed by atoms with E-state index in [0.717, 1.165) is 12.5 Å². The molecule has 0 aliphatic heterocycles. The second-order valence-electron chi connectivity index (χ2n) is 7.13. The van der Waals surface area contributed by atoms with Crippen LogP contribution in [0.2, 0.25) is 5.15 Å². The van der Waals surface area contributed by atoms with E-state index in [1.54, 1.807) is 0 Å². The van der Waals surface area contributed by atoms with Crippen molar-refractivity contribution in [3.63, 3.8) is 0 Å². The number of anilines is 1. The van der Waals surface area contributed by atoms with Gasteiger partial charge >= 0.3 is 0 Å². The summed E-state index contributed by atoms with van der Waals surface area (Å²) in [6, 6.07) is 7.72. The molecule has 2 aromatic carbocycles. The number of rotatable bonds is 5. The lowest BCUT2D eigenvalue weighted by atomic mass is 9.96. The summed E-state index contributed by atoms with van der Waals surface area (Å²) in [7, 11) is 0. The highest BCUT2D eigenvalue weighted by Crippen LogP contribution is 2.42. The predicted octanol–water partition coefficient (Wildman–Crippen LogP) is 6.64. The molecule has 0 saturated heterocycles. The van der Waals surface area contributed by atoms with Crippen LogP contribution in [-0.4, -0.2) is 21.0 Å². The van der Waals surface area contributed by atoms with Crippen LogP contribution in [0.1, 0.15) is 20.3 Å². The third-order valence-electron chi connectivity index (χ3n) is 5.08. The molecule has 0 saturated carbocycles. The monoisotopic (exact) mass is 442 g/mol. The fourth-order valence-corrected chi connectivity index (χ4v) is 3.58. The number of fused-ring (bicyclic) bond motifs is 1. The molecule has 0 aliphatic rings. The fourth-order valence-electron chi connectivity index (χ4n) is 3.31. The number of hydrogen-bond acceptors (Lipinski definition) is 4. The van der Waals surface area contributed by atoms with Gasteiger partial charge in [0.05, 0.1) is 16.8 Å². The van der Waals surface area contributed by atoms with Gasteiger partial charge < -0.3 is 5.32 Å². The molecule has 2 aromatic heterocycles. The van der Waals surface area contributed by atoms with Crippen LogP contribution in [0, 0.1) is 17.5 Å². The largest absolute Gasteiger partial charge is 0.380 e. The van der Waals surface area contributed by atoms with Gasteiger partial charge in [0.1, 0.15) is 28.1 Å². The number of pyridine rings is 1. The maximum Gasteiger partial charge on any atom is 0.181 e. The van der Waals surface area contributed by atoms with Gasteiger partial charge in [-0.2, -0.15) is 0 Å². The van der Waals surface area contributed by atoms with Gasteiger partial charge in [0.25, 0.3) is 0 Å². The quantitative estimate of drug-likeness (QED) is 0.352. The van der Waals surface area contributed by atoms with Crippen LogP contribution in [-0.2, 0) is 0 Å². The number of halogens is 4. The minimum Gasteiger partial charge on any atom is -0.380 e. The smallest absolute Gasteiger partial charge is 0.181 e. The van der Waals surface area contributed by atoms with E-state index in [9.17, 15) is 4.39 Å². The zero-order valence-electron chi connectivity index (χ0n) is 16.8. The lowest BCUT2D eigenvalue weighted by Crippen LogP contribution is -2.16. The average molecular weight is 443 g/mol. The molecular weight excluding hydrogens is 425 g/mol. The molecule has 4 aromatic rings. The van der Waals surface area contributed by atoms with E-state index >= 15 is 8.78 Å².